The minimum Gasteiger partial charge on any atom is -0.458 e. The monoisotopic (exact) mass is 1520 g/mol. The summed E-state index contributed by atoms with van der Waals surface area (Å²) in [7, 11) is 0. The maximum Gasteiger partial charge on any atom is 0.256 e. The van der Waals surface area contributed by atoms with Crippen LogP contribution >= 0.6 is 0 Å². The Morgan fingerprint density at radius 2 is 0.575 bits per heavy atom. The molecule has 0 atom stereocenters. The van der Waals surface area contributed by atoms with Crippen LogP contribution in [-0.2, 0) is 16.2 Å². The molecule has 0 aromatic heterocycles. The summed E-state index contributed by atoms with van der Waals surface area (Å²) in [4.78, 5) is 7.82. The number of anilines is 9. The lowest BCUT2D eigenvalue weighted by Gasteiger charge is -2.46. The molecule has 0 fully saturated rings. The summed E-state index contributed by atoms with van der Waals surface area (Å²) in [6.07, 6.45) is 0. The van der Waals surface area contributed by atoms with Gasteiger partial charge < -0.3 is 19.4 Å². The number of fused-ring (bicyclic) bond motifs is 28. The van der Waals surface area contributed by atoms with Crippen LogP contribution in [0.25, 0.3) is 89.0 Å². The zero-order chi connectivity index (χ0) is 79.0. The molecule has 0 unspecified atom stereocenters. The van der Waals surface area contributed by atoms with Crippen molar-refractivity contribution in [2.75, 3.05) is 14.7 Å². The predicted octanol–water partition coefficient (Wildman–Crippen LogP) is 24.8. The van der Waals surface area contributed by atoms with Crippen LogP contribution in [0.2, 0.25) is 0 Å². The first-order valence-corrected chi connectivity index (χ1v) is 42.3. The van der Waals surface area contributed by atoms with Gasteiger partial charge in [-0.25, -0.2) is 0 Å². The van der Waals surface area contributed by atoms with E-state index in [2.05, 4.69) is 436 Å². The summed E-state index contributed by atoms with van der Waals surface area (Å²) in [5.41, 5.74) is 46.8. The van der Waals surface area contributed by atoms with Crippen LogP contribution in [0.5, 0.6) is 11.5 Å². The van der Waals surface area contributed by atoms with Crippen molar-refractivity contribution in [1.82, 2.24) is 0 Å². The molecular weight excluding hydrogens is 1450 g/mol. The van der Waals surface area contributed by atoms with Crippen molar-refractivity contribution in [3.63, 3.8) is 0 Å². The Kier molecular flexibility index (Phi) is 14.0. The molecule has 0 saturated heterocycles. The van der Waals surface area contributed by atoms with E-state index in [1.807, 2.05) is 0 Å². The highest BCUT2D eigenvalue weighted by atomic mass is 16.5. The van der Waals surface area contributed by atoms with Crippen molar-refractivity contribution in [3.8, 4) is 101 Å². The van der Waals surface area contributed by atoms with Gasteiger partial charge in [0.05, 0.1) is 16.5 Å². The molecule has 120 heavy (non-hydrogen) atoms. The van der Waals surface area contributed by atoms with Crippen molar-refractivity contribution in [2.24, 2.45) is 0 Å². The second-order valence-corrected chi connectivity index (χ2v) is 34.7. The van der Waals surface area contributed by atoms with Gasteiger partial charge in [-0.1, -0.05) is 342 Å². The van der Waals surface area contributed by atoms with Gasteiger partial charge in [-0.05, 0) is 239 Å². The molecule has 18 aromatic rings. The second kappa shape index (κ2) is 24.9. The average molecular weight is 1520 g/mol. The minimum absolute atomic E-state index is 0.196. The number of para-hydroxylation sites is 4. The number of hydrogen-bond donors (Lipinski definition) is 0. The molecule has 4 aliphatic carbocycles. The molecule has 0 bridgehead atoms. The van der Waals surface area contributed by atoms with Crippen LogP contribution in [0, 0.1) is 0 Å². The molecule has 4 aliphatic heterocycles. The van der Waals surface area contributed by atoms with E-state index in [1.165, 1.54) is 128 Å². The van der Waals surface area contributed by atoms with Gasteiger partial charge in [0, 0.05) is 62.7 Å². The van der Waals surface area contributed by atoms with E-state index in [4.69, 9.17) is 4.74 Å². The summed E-state index contributed by atoms with van der Waals surface area (Å²) >= 11 is 0. The highest BCUT2D eigenvalue weighted by Crippen LogP contribution is 2.68. The third kappa shape index (κ3) is 8.96. The van der Waals surface area contributed by atoms with E-state index < -0.39 is 10.8 Å². The highest BCUT2D eigenvalue weighted by molar-refractivity contribution is 7.02. The molecule has 2 spiro atoms. The molecule has 26 rings (SSSR count). The lowest BCUT2D eigenvalue weighted by atomic mass is 9.30. The Morgan fingerprint density at radius 3 is 1.02 bits per heavy atom. The highest BCUT2D eigenvalue weighted by Gasteiger charge is 2.56. The molecule has 0 N–H and O–H groups in total. The largest absolute Gasteiger partial charge is 0.458 e. The van der Waals surface area contributed by atoms with Crippen molar-refractivity contribution in [2.45, 2.75) is 37.0 Å². The fourth-order valence-electron chi connectivity index (χ4n) is 23.2. The Balaban J connectivity index is 0.759. The van der Waals surface area contributed by atoms with Gasteiger partial charge in [0.25, 0.3) is 13.4 Å². The van der Waals surface area contributed by atoms with Crippen molar-refractivity contribution < 1.29 is 4.74 Å². The standard InChI is InChI=1S/C114H75B2N3O/c1-112(2,3)74-66-87(70-34-8-4-9-35-70)111(88(67-74)71-36-10-5-11-37-71)119-100-61-31-29-59-96(100)116-98-68-97-101(69-105(98)120-106-65-73(64-104(119)110(106)116)78-49-33-51-86-84-47-21-27-57-94(84)114(108(78)86)91-54-24-18-44-81(91)82-45-19-25-55-92(82)114)118(76-40-14-7-15-41-76)103-63-72(62-102-109(103)115(97)95-58-28-30-60-99(95)117(102)75-38-12-6-13-39-75)77-48-32-50-85-83-46-20-26-56-93(83)113(107(77)85)89-52-22-16-42-79(89)80-43-17-23-53-90(80)113/h4-69H,1-3H3. The maximum atomic E-state index is 8.30. The van der Waals surface area contributed by atoms with E-state index >= 15 is 0 Å². The van der Waals surface area contributed by atoms with Crippen LogP contribution in [0.3, 0.4) is 0 Å². The van der Waals surface area contributed by atoms with Crippen molar-refractivity contribution in [3.05, 3.63) is 450 Å². The Labute approximate surface area is 700 Å². The summed E-state index contributed by atoms with van der Waals surface area (Å²) in [6.45, 7) is 6.53. The van der Waals surface area contributed by atoms with Gasteiger partial charge in [-0.2, -0.15) is 0 Å². The summed E-state index contributed by atoms with van der Waals surface area (Å²) in [6, 6.07) is 153. The van der Waals surface area contributed by atoms with Gasteiger partial charge in [-0.3, -0.25) is 0 Å². The minimum atomic E-state index is -0.638. The molecule has 4 heterocycles. The quantitative estimate of drug-likeness (QED) is 0.148. The summed E-state index contributed by atoms with van der Waals surface area (Å²) in [5, 5.41) is 0. The zero-order valence-corrected chi connectivity index (χ0v) is 66.5. The van der Waals surface area contributed by atoms with Crippen molar-refractivity contribution >= 4 is 97.4 Å². The van der Waals surface area contributed by atoms with Crippen LogP contribution in [-0.4, -0.2) is 13.4 Å². The first-order chi connectivity index (χ1) is 59.2. The topological polar surface area (TPSA) is 19.0 Å². The molecule has 558 valence electrons. The van der Waals surface area contributed by atoms with Gasteiger partial charge in [0.2, 0.25) is 0 Å². The van der Waals surface area contributed by atoms with Gasteiger partial charge in [0.1, 0.15) is 11.5 Å². The third-order valence-corrected chi connectivity index (χ3v) is 27.8. The van der Waals surface area contributed by atoms with Crippen LogP contribution in [0.15, 0.2) is 400 Å². The van der Waals surface area contributed by atoms with E-state index in [0.29, 0.717) is 0 Å². The van der Waals surface area contributed by atoms with E-state index in [0.717, 1.165) is 107 Å². The lowest BCUT2D eigenvalue weighted by molar-refractivity contribution is 0.488. The molecule has 0 radical (unpaired) electrons. The lowest BCUT2D eigenvalue weighted by Crippen LogP contribution is -2.64. The Morgan fingerprint density at radius 1 is 0.233 bits per heavy atom. The predicted molar refractivity (Wildman–Crippen MR) is 499 cm³/mol. The Hall–Kier alpha value is -14.7. The fraction of sp³-hybridized carbons (Fsp3) is 0.0526. The van der Waals surface area contributed by atoms with Gasteiger partial charge in [-0.15, -0.1) is 0 Å². The maximum absolute atomic E-state index is 8.30. The van der Waals surface area contributed by atoms with Crippen LogP contribution < -0.4 is 52.2 Å². The smallest absolute Gasteiger partial charge is 0.256 e. The molecule has 0 saturated carbocycles. The molecular formula is C114H75B2N3O. The summed E-state index contributed by atoms with van der Waals surface area (Å²) in [5.74, 6) is 1.66. The van der Waals surface area contributed by atoms with Gasteiger partial charge in [0.15, 0.2) is 0 Å². The first-order valence-electron chi connectivity index (χ1n) is 42.3. The molecule has 4 nitrogen and oxygen atoms in total. The number of benzene rings is 18. The number of rotatable bonds is 7. The van der Waals surface area contributed by atoms with E-state index in [9.17, 15) is 0 Å². The molecule has 8 aliphatic rings. The molecule has 0 amide bonds. The van der Waals surface area contributed by atoms with E-state index in [1.54, 1.807) is 0 Å². The zero-order valence-electron chi connectivity index (χ0n) is 66.5. The number of nitrogens with zero attached hydrogens (tertiary/aromatic N) is 3. The molecule has 6 heteroatoms. The van der Waals surface area contributed by atoms with E-state index in [-0.39, 0.29) is 18.8 Å². The van der Waals surface area contributed by atoms with Crippen molar-refractivity contribution in [1.29, 1.82) is 0 Å². The second-order valence-electron chi connectivity index (χ2n) is 34.7. The number of hydrogen-bond acceptors (Lipinski definition) is 4. The SMILES string of the molecule is CC(C)(C)c1cc(-c2ccccc2)c(N2c3ccccc3B3c4cc5c(cc4Oc4cc(-c6cccc7c6C6(c8ccccc8-c8ccccc86)c6ccccc6-7)cc2c43)N(c2ccccc2)c2cc(-c3cccc4c3C3(c6ccccc6-c6ccccc63)c3ccccc3-4)cc3c2B5c2ccccc2N3c2ccccc2)c(-c2ccccc2)c1. The Bertz CT molecular complexity index is 7280. The summed E-state index contributed by atoms with van der Waals surface area (Å²) < 4.78 is 8.30. The third-order valence-electron chi connectivity index (χ3n) is 27.8. The van der Waals surface area contributed by atoms with Gasteiger partial charge >= 0.3 is 0 Å². The number of ether oxygens (including phenoxy) is 1. The van der Waals surface area contributed by atoms with Crippen LogP contribution in [0.4, 0.5) is 51.2 Å². The normalized spacial score (nSPS) is 14.4. The fourth-order valence-corrected chi connectivity index (χ4v) is 23.2. The first kappa shape index (κ1) is 67.5. The molecule has 18 aromatic carbocycles. The van der Waals surface area contributed by atoms with Crippen LogP contribution in [0.1, 0.15) is 70.8 Å². The average Bonchev–Trinajstić information content (AvgIpc) is 1.51.